The fourth-order valence-electron chi connectivity index (χ4n) is 2.29. The molecule has 2 aromatic carbocycles. The van der Waals surface area contributed by atoms with E-state index in [1.807, 2.05) is 61.7 Å². The number of hydrogen-bond acceptors (Lipinski definition) is 3. The Bertz CT molecular complexity index is 814. The molecule has 24 heavy (non-hydrogen) atoms. The van der Waals surface area contributed by atoms with Gasteiger partial charge in [-0.25, -0.2) is 0 Å². The van der Waals surface area contributed by atoms with E-state index in [0.717, 1.165) is 21.2 Å². The summed E-state index contributed by atoms with van der Waals surface area (Å²) >= 11 is 1.64. The van der Waals surface area contributed by atoms with Crippen molar-refractivity contribution in [1.29, 1.82) is 0 Å². The number of anilines is 1. The van der Waals surface area contributed by atoms with Crippen LogP contribution in [0.2, 0.25) is 0 Å². The molecule has 0 atom stereocenters. The van der Waals surface area contributed by atoms with Crippen LogP contribution < -0.4 is 5.32 Å². The Morgan fingerprint density at radius 1 is 1.08 bits per heavy atom. The van der Waals surface area contributed by atoms with Crippen LogP contribution in [-0.4, -0.2) is 15.7 Å². The second-order valence-electron chi connectivity index (χ2n) is 5.43. The van der Waals surface area contributed by atoms with Crippen LogP contribution >= 0.6 is 11.8 Å². The predicted octanol–water partition coefficient (Wildman–Crippen LogP) is 4.37. The molecule has 1 amide bonds. The Balaban J connectivity index is 1.63. The summed E-state index contributed by atoms with van der Waals surface area (Å²) in [6.45, 7) is 2.52. The van der Waals surface area contributed by atoms with Crippen molar-refractivity contribution in [3.05, 3.63) is 72.6 Å². The van der Waals surface area contributed by atoms with Crippen molar-refractivity contribution in [3.63, 3.8) is 0 Å². The van der Waals surface area contributed by atoms with Crippen LogP contribution in [0.3, 0.4) is 0 Å². The number of nitrogens with zero attached hydrogens (tertiary/aromatic N) is 2. The van der Waals surface area contributed by atoms with Crippen LogP contribution in [0.25, 0.3) is 0 Å². The Kier molecular flexibility index (Phi) is 5.33. The second-order valence-corrected chi connectivity index (χ2v) is 6.54. The first-order valence-corrected chi connectivity index (χ1v) is 8.64. The van der Waals surface area contributed by atoms with Gasteiger partial charge in [0, 0.05) is 29.0 Å². The van der Waals surface area contributed by atoms with E-state index in [2.05, 4.69) is 22.5 Å². The first-order chi connectivity index (χ1) is 11.7. The zero-order valence-corrected chi connectivity index (χ0v) is 14.3. The molecule has 0 aliphatic rings. The molecule has 3 aromatic rings. The SMILES string of the molecule is Cc1ccn(CCC(=O)Nc2ccccc2Sc2ccccc2)n1. The van der Waals surface area contributed by atoms with Gasteiger partial charge < -0.3 is 5.32 Å². The van der Waals surface area contributed by atoms with E-state index < -0.39 is 0 Å². The van der Waals surface area contributed by atoms with E-state index in [1.165, 1.54) is 0 Å². The van der Waals surface area contributed by atoms with Crippen LogP contribution in [-0.2, 0) is 11.3 Å². The van der Waals surface area contributed by atoms with Crippen molar-refractivity contribution in [2.75, 3.05) is 5.32 Å². The maximum Gasteiger partial charge on any atom is 0.226 e. The minimum atomic E-state index is -0.00994. The molecule has 0 fully saturated rings. The second kappa shape index (κ2) is 7.84. The molecule has 0 aliphatic heterocycles. The highest BCUT2D eigenvalue weighted by Gasteiger charge is 2.08. The Hall–Kier alpha value is -2.53. The van der Waals surface area contributed by atoms with Gasteiger partial charge in [-0.05, 0) is 37.3 Å². The van der Waals surface area contributed by atoms with Crippen LogP contribution in [0.15, 0.2) is 76.7 Å². The largest absolute Gasteiger partial charge is 0.325 e. The summed E-state index contributed by atoms with van der Waals surface area (Å²) in [5, 5.41) is 7.30. The number of carbonyl (C=O) groups is 1. The Morgan fingerprint density at radius 2 is 1.83 bits per heavy atom. The van der Waals surface area contributed by atoms with Gasteiger partial charge in [0.15, 0.2) is 0 Å². The summed E-state index contributed by atoms with van der Waals surface area (Å²) in [4.78, 5) is 14.4. The standard InChI is InChI=1S/C19H19N3OS/c1-15-11-13-22(21-15)14-12-19(23)20-17-9-5-6-10-18(17)24-16-7-3-2-4-8-16/h2-11,13H,12,14H2,1H3,(H,20,23). The number of para-hydroxylation sites is 1. The molecule has 3 rings (SSSR count). The number of amides is 1. The third-order valence-corrected chi connectivity index (χ3v) is 4.56. The van der Waals surface area contributed by atoms with Crippen molar-refractivity contribution >= 4 is 23.4 Å². The quantitative estimate of drug-likeness (QED) is 0.726. The lowest BCUT2D eigenvalue weighted by molar-refractivity contribution is -0.116. The van der Waals surface area contributed by atoms with E-state index in [0.29, 0.717) is 13.0 Å². The van der Waals surface area contributed by atoms with Gasteiger partial charge >= 0.3 is 0 Å². The molecule has 0 spiro atoms. The number of nitrogens with one attached hydrogen (secondary N) is 1. The summed E-state index contributed by atoms with van der Waals surface area (Å²) < 4.78 is 1.79. The third kappa shape index (κ3) is 4.49. The van der Waals surface area contributed by atoms with Gasteiger partial charge in [-0.15, -0.1) is 0 Å². The Labute approximate surface area is 145 Å². The van der Waals surface area contributed by atoms with Crippen LogP contribution in [0, 0.1) is 6.92 Å². The molecule has 4 nitrogen and oxygen atoms in total. The lowest BCUT2D eigenvalue weighted by Gasteiger charge is -2.11. The van der Waals surface area contributed by atoms with Crippen molar-refractivity contribution in [1.82, 2.24) is 9.78 Å². The normalized spacial score (nSPS) is 10.5. The highest BCUT2D eigenvalue weighted by atomic mass is 32.2. The summed E-state index contributed by atoms with van der Waals surface area (Å²) in [6.07, 6.45) is 2.28. The van der Waals surface area contributed by atoms with Gasteiger partial charge in [0.25, 0.3) is 0 Å². The lowest BCUT2D eigenvalue weighted by atomic mass is 10.3. The maximum absolute atomic E-state index is 12.2. The molecule has 0 saturated heterocycles. The van der Waals surface area contributed by atoms with Gasteiger partial charge in [-0.2, -0.15) is 5.10 Å². The molecule has 1 N–H and O–H groups in total. The zero-order chi connectivity index (χ0) is 16.8. The molecule has 0 radical (unpaired) electrons. The fourth-order valence-corrected chi connectivity index (χ4v) is 3.21. The molecule has 0 unspecified atom stereocenters. The molecule has 0 bridgehead atoms. The molecule has 1 aromatic heterocycles. The smallest absolute Gasteiger partial charge is 0.226 e. The van der Waals surface area contributed by atoms with Crippen LogP contribution in [0.5, 0.6) is 0 Å². The molecule has 1 heterocycles. The summed E-state index contributed by atoms with van der Waals surface area (Å²) in [5.74, 6) is -0.00994. The van der Waals surface area contributed by atoms with Gasteiger partial charge in [0.2, 0.25) is 5.91 Å². The van der Waals surface area contributed by atoms with Crippen molar-refractivity contribution in [2.24, 2.45) is 0 Å². The summed E-state index contributed by atoms with van der Waals surface area (Å²) in [6, 6.07) is 19.9. The van der Waals surface area contributed by atoms with E-state index in [-0.39, 0.29) is 5.91 Å². The van der Waals surface area contributed by atoms with E-state index in [4.69, 9.17) is 0 Å². The molecular weight excluding hydrogens is 318 g/mol. The number of rotatable bonds is 6. The van der Waals surface area contributed by atoms with Gasteiger partial charge in [0.05, 0.1) is 11.4 Å². The maximum atomic E-state index is 12.2. The Morgan fingerprint density at radius 3 is 2.58 bits per heavy atom. The third-order valence-electron chi connectivity index (χ3n) is 3.47. The van der Waals surface area contributed by atoms with Crippen molar-refractivity contribution < 1.29 is 4.79 Å². The number of hydrogen-bond donors (Lipinski definition) is 1. The van der Waals surface area contributed by atoms with E-state index in [9.17, 15) is 4.79 Å². The number of carbonyl (C=O) groups excluding carboxylic acids is 1. The minimum absolute atomic E-state index is 0.00994. The first-order valence-electron chi connectivity index (χ1n) is 7.82. The molecule has 0 saturated carbocycles. The minimum Gasteiger partial charge on any atom is -0.325 e. The van der Waals surface area contributed by atoms with Crippen LogP contribution in [0.1, 0.15) is 12.1 Å². The van der Waals surface area contributed by atoms with Gasteiger partial charge in [0.1, 0.15) is 0 Å². The molecule has 5 heteroatoms. The van der Waals surface area contributed by atoms with Gasteiger partial charge in [-0.1, -0.05) is 42.1 Å². The highest BCUT2D eigenvalue weighted by Crippen LogP contribution is 2.33. The molecule has 122 valence electrons. The summed E-state index contributed by atoms with van der Waals surface area (Å²) in [5.41, 5.74) is 1.80. The number of aromatic nitrogens is 2. The zero-order valence-electron chi connectivity index (χ0n) is 13.5. The predicted molar refractivity (Wildman–Crippen MR) is 97.2 cm³/mol. The fraction of sp³-hybridized carbons (Fsp3) is 0.158. The number of aryl methyl sites for hydroxylation is 2. The number of benzene rings is 2. The van der Waals surface area contributed by atoms with E-state index >= 15 is 0 Å². The average Bonchev–Trinajstić information content (AvgIpc) is 3.01. The molecule has 0 aliphatic carbocycles. The first kappa shape index (κ1) is 16.3. The highest BCUT2D eigenvalue weighted by molar-refractivity contribution is 7.99. The van der Waals surface area contributed by atoms with Gasteiger partial charge in [-0.3, -0.25) is 9.48 Å². The van der Waals surface area contributed by atoms with Crippen LogP contribution in [0.4, 0.5) is 5.69 Å². The lowest BCUT2D eigenvalue weighted by Crippen LogP contribution is -2.15. The average molecular weight is 337 g/mol. The topological polar surface area (TPSA) is 46.9 Å². The van der Waals surface area contributed by atoms with Crippen molar-refractivity contribution in [3.8, 4) is 0 Å². The van der Waals surface area contributed by atoms with Crippen molar-refractivity contribution in [2.45, 2.75) is 29.7 Å². The summed E-state index contributed by atoms with van der Waals surface area (Å²) in [7, 11) is 0. The van der Waals surface area contributed by atoms with E-state index in [1.54, 1.807) is 16.4 Å². The monoisotopic (exact) mass is 337 g/mol. The molecular formula is C19H19N3OS.